The molecule has 0 aromatic carbocycles. The molecule has 1 aromatic heterocycles. The van der Waals surface area contributed by atoms with Crippen molar-refractivity contribution >= 4 is 12.4 Å². The van der Waals surface area contributed by atoms with E-state index in [1.54, 1.807) is 0 Å². The number of aromatic amines is 1. The largest absolute Gasteiger partial charge is 0.372 e. The minimum atomic E-state index is 0. The molecule has 1 aliphatic heterocycles. The van der Waals surface area contributed by atoms with Crippen LogP contribution in [0.2, 0.25) is 0 Å². The highest BCUT2D eigenvalue weighted by molar-refractivity contribution is 5.85. The zero-order valence-corrected chi connectivity index (χ0v) is 12.0. The van der Waals surface area contributed by atoms with Crippen molar-refractivity contribution in [2.45, 2.75) is 38.7 Å². The molecule has 1 fully saturated rings. The van der Waals surface area contributed by atoms with Crippen molar-refractivity contribution in [1.29, 1.82) is 0 Å². The average molecular weight is 273 g/mol. The number of halogens is 1. The second-order valence-electron chi connectivity index (χ2n) is 4.97. The second-order valence-corrected chi connectivity index (χ2v) is 4.97. The number of ether oxygens (including phenoxy) is 1. The van der Waals surface area contributed by atoms with Crippen molar-refractivity contribution in [2.75, 3.05) is 19.7 Å². The van der Waals surface area contributed by atoms with Crippen LogP contribution in [0.3, 0.4) is 0 Å². The molecule has 104 valence electrons. The Labute approximate surface area is 116 Å². The fraction of sp³-hybridized carbons (Fsp3) is 0.714. The third-order valence-electron chi connectivity index (χ3n) is 3.64. The van der Waals surface area contributed by atoms with E-state index >= 15 is 0 Å². The van der Waals surface area contributed by atoms with Gasteiger partial charge in [0.2, 0.25) is 0 Å². The van der Waals surface area contributed by atoms with Crippen LogP contribution in [-0.2, 0) is 4.74 Å². The van der Waals surface area contributed by atoms with Gasteiger partial charge in [-0.1, -0.05) is 0 Å². The molecule has 2 rings (SSSR count). The number of H-pyrrole nitrogens is 1. The molecule has 2 heterocycles. The van der Waals surface area contributed by atoms with E-state index in [2.05, 4.69) is 23.3 Å². The van der Waals surface area contributed by atoms with Crippen LogP contribution in [0.1, 0.15) is 44.4 Å². The highest BCUT2D eigenvalue weighted by atomic mass is 35.5. The Morgan fingerprint density at radius 2 is 2.17 bits per heavy atom. The van der Waals surface area contributed by atoms with Crippen LogP contribution in [0.25, 0.3) is 0 Å². The van der Waals surface area contributed by atoms with E-state index in [9.17, 15) is 0 Å². The monoisotopic (exact) mass is 272 g/mol. The molecule has 1 atom stereocenters. The summed E-state index contributed by atoms with van der Waals surface area (Å²) >= 11 is 0. The summed E-state index contributed by atoms with van der Waals surface area (Å²) in [5.74, 6) is 0.917. The van der Waals surface area contributed by atoms with E-state index in [0.29, 0.717) is 0 Å². The molecule has 0 amide bonds. The Bertz CT molecular complexity index is 297. The topological polar surface area (TPSA) is 37.0 Å². The lowest BCUT2D eigenvalue weighted by Gasteiger charge is -2.22. The lowest BCUT2D eigenvalue weighted by Crippen LogP contribution is -2.27. The lowest BCUT2D eigenvalue weighted by atomic mass is 9.93. The summed E-state index contributed by atoms with van der Waals surface area (Å²) in [5.41, 5.74) is 1.17. The van der Waals surface area contributed by atoms with Crippen molar-refractivity contribution in [3.05, 3.63) is 24.0 Å². The number of aromatic nitrogens is 1. The molecule has 1 aliphatic rings. The lowest BCUT2D eigenvalue weighted by molar-refractivity contribution is 0.0576. The molecule has 0 radical (unpaired) electrons. The Hall–Kier alpha value is -0.510. The predicted molar refractivity (Wildman–Crippen MR) is 77.2 cm³/mol. The van der Waals surface area contributed by atoms with Gasteiger partial charge < -0.3 is 15.0 Å². The van der Waals surface area contributed by atoms with Gasteiger partial charge in [-0.25, -0.2) is 0 Å². The summed E-state index contributed by atoms with van der Waals surface area (Å²) in [6.45, 7) is 5.38. The molecule has 2 N–H and O–H groups in total. The molecule has 4 heteroatoms. The minimum Gasteiger partial charge on any atom is -0.372 e. The third-order valence-corrected chi connectivity index (χ3v) is 3.64. The Kier molecular flexibility index (Phi) is 7.40. The predicted octanol–water partition coefficient (Wildman–Crippen LogP) is 3.29. The Morgan fingerprint density at radius 1 is 1.39 bits per heavy atom. The number of hydrogen-bond donors (Lipinski definition) is 2. The summed E-state index contributed by atoms with van der Waals surface area (Å²) in [5, 5.41) is 3.41. The van der Waals surface area contributed by atoms with Crippen LogP contribution in [0.5, 0.6) is 0 Å². The first kappa shape index (κ1) is 15.5. The highest BCUT2D eigenvalue weighted by Gasteiger charge is 2.12. The minimum absolute atomic E-state index is 0. The van der Waals surface area contributed by atoms with E-state index in [0.717, 1.165) is 12.5 Å². The third kappa shape index (κ3) is 5.01. The Morgan fingerprint density at radius 3 is 2.83 bits per heavy atom. The van der Waals surface area contributed by atoms with Crippen LogP contribution in [-0.4, -0.2) is 24.7 Å². The van der Waals surface area contributed by atoms with Gasteiger partial charge in [0, 0.05) is 18.5 Å². The summed E-state index contributed by atoms with van der Waals surface area (Å²) in [7, 11) is 0. The standard InChI is InChI=1S/C14H24N2O.ClH/c1-12(14-5-2-8-16-14)17-11-3-4-13-6-9-15-10-7-13;/h2,5,8,12-13,15-16H,3-4,6-7,9-11H2,1H3;1H. The first-order valence-corrected chi connectivity index (χ1v) is 6.82. The summed E-state index contributed by atoms with van der Waals surface area (Å²) < 4.78 is 5.83. The normalized spacial score (nSPS) is 18.3. The second kappa shape index (κ2) is 8.57. The van der Waals surface area contributed by atoms with Crippen LogP contribution >= 0.6 is 12.4 Å². The molecule has 0 bridgehead atoms. The van der Waals surface area contributed by atoms with Gasteiger partial charge in [0.15, 0.2) is 0 Å². The number of hydrogen-bond acceptors (Lipinski definition) is 2. The van der Waals surface area contributed by atoms with E-state index in [1.165, 1.54) is 44.5 Å². The molecule has 1 saturated heterocycles. The molecule has 0 saturated carbocycles. The average Bonchev–Trinajstić information content (AvgIpc) is 2.89. The molecular formula is C14H25ClN2O. The van der Waals surface area contributed by atoms with E-state index in [-0.39, 0.29) is 18.5 Å². The molecule has 3 nitrogen and oxygen atoms in total. The van der Waals surface area contributed by atoms with Gasteiger partial charge in [-0.3, -0.25) is 0 Å². The SMILES string of the molecule is CC(OCCCC1CCNCC1)c1ccc[nH]1.Cl. The quantitative estimate of drug-likeness (QED) is 0.780. The van der Waals surface area contributed by atoms with Gasteiger partial charge in [-0.05, 0) is 63.7 Å². The van der Waals surface area contributed by atoms with Gasteiger partial charge in [0.1, 0.15) is 0 Å². The molecule has 1 unspecified atom stereocenters. The van der Waals surface area contributed by atoms with E-state index in [4.69, 9.17) is 4.74 Å². The maximum atomic E-state index is 5.83. The van der Waals surface area contributed by atoms with Crippen molar-refractivity contribution in [2.24, 2.45) is 5.92 Å². The van der Waals surface area contributed by atoms with Gasteiger partial charge in [-0.2, -0.15) is 0 Å². The van der Waals surface area contributed by atoms with Crippen molar-refractivity contribution < 1.29 is 4.74 Å². The zero-order chi connectivity index (χ0) is 11.9. The molecule has 0 aliphatic carbocycles. The number of nitrogens with one attached hydrogen (secondary N) is 2. The maximum absolute atomic E-state index is 5.83. The molecular weight excluding hydrogens is 248 g/mol. The van der Waals surface area contributed by atoms with Gasteiger partial charge in [0.05, 0.1) is 6.10 Å². The fourth-order valence-electron chi connectivity index (χ4n) is 2.49. The van der Waals surface area contributed by atoms with Crippen LogP contribution < -0.4 is 5.32 Å². The van der Waals surface area contributed by atoms with Crippen LogP contribution in [0, 0.1) is 5.92 Å². The van der Waals surface area contributed by atoms with Crippen LogP contribution in [0.4, 0.5) is 0 Å². The summed E-state index contributed by atoms with van der Waals surface area (Å²) in [6, 6.07) is 4.10. The number of rotatable bonds is 6. The Balaban J connectivity index is 0.00000162. The summed E-state index contributed by atoms with van der Waals surface area (Å²) in [6.07, 6.45) is 7.33. The maximum Gasteiger partial charge on any atom is 0.0944 e. The van der Waals surface area contributed by atoms with Crippen molar-refractivity contribution in [3.63, 3.8) is 0 Å². The molecule has 18 heavy (non-hydrogen) atoms. The van der Waals surface area contributed by atoms with E-state index in [1.807, 2.05) is 12.3 Å². The van der Waals surface area contributed by atoms with E-state index < -0.39 is 0 Å². The molecule has 1 aromatic rings. The van der Waals surface area contributed by atoms with Crippen molar-refractivity contribution in [3.8, 4) is 0 Å². The smallest absolute Gasteiger partial charge is 0.0944 e. The van der Waals surface area contributed by atoms with Gasteiger partial charge >= 0.3 is 0 Å². The summed E-state index contributed by atoms with van der Waals surface area (Å²) in [4.78, 5) is 3.19. The van der Waals surface area contributed by atoms with Gasteiger partial charge in [0.25, 0.3) is 0 Å². The highest BCUT2D eigenvalue weighted by Crippen LogP contribution is 2.19. The van der Waals surface area contributed by atoms with Crippen LogP contribution in [0.15, 0.2) is 18.3 Å². The fourth-order valence-corrected chi connectivity index (χ4v) is 2.49. The molecule has 0 spiro atoms. The first-order valence-electron chi connectivity index (χ1n) is 6.82. The first-order chi connectivity index (χ1) is 8.36. The zero-order valence-electron chi connectivity index (χ0n) is 11.2. The van der Waals surface area contributed by atoms with Gasteiger partial charge in [-0.15, -0.1) is 12.4 Å². The number of piperidine rings is 1. The van der Waals surface area contributed by atoms with Crippen molar-refractivity contribution in [1.82, 2.24) is 10.3 Å².